The molecule has 0 amide bonds. The van der Waals surface area contributed by atoms with E-state index >= 15 is 0 Å². The maximum Gasteiger partial charge on any atom is 0.217 e. The van der Waals surface area contributed by atoms with Crippen molar-refractivity contribution in [3.8, 4) is 0 Å². The van der Waals surface area contributed by atoms with Crippen LogP contribution in [0.5, 0.6) is 0 Å². The van der Waals surface area contributed by atoms with Crippen molar-refractivity contribution in [3.05, 3.63) is 60.2 Å². The Morgan fingerprint density at radius 1 is 1.00 bits per heavy atom. The Bertz CT molecular complexity index is 605. The summed E-state index contributed by atoms with van der Waals surface area (Å²) in [7, 11) is 0. The summed E-state index contributed by atoms with van der Waals surface area (Å²) in [6, 6.07) is 16.7. The Morgan fingerprint density at radius 2 is 1.61 bits per heavy atom. The number of carbonyl (C=O) groups is 1. The third-order valence-electron chi connectivity index (χ3n) is 3.27. The van der Waals surface area contributed by atoms with Crippen LogP contribution in [-0.4, -0.2) is 16.6 Å². The normalized spacial score (nSPS) is 22.1. The smallest absolute Gasteiger partial charge is 0.217 e. The summed E-state index contributed by atoms with van der Waals surface area (Å²) in [5.74, 6) is -0.262. The van der Waals surface area contributed by atoms with Crippen molar-refractivity contribution >= 4 is 17.2 Å². The Morgan fingerprint density at radius 3 is 2.33 bits per heavy atom. The SMILES string of the molecule is C[C@]1(O)C(=O)c2ccccc2N1c1ccccc1. The predicted molar refractivity (Wildman–Crippen MR) is 70.0 cm³/mol. The highest BCUT2D eigenvalue weighted by atomic mass is 16.3. The summed E-state index contributed by atoms with van der Waals surface area (Å²) < 4.78 is 0. The zero-order valence-corrected chi connectivity index (χ0v) is 10.00. The van der Waals surface area contributed by atoms with Gasteiger partial charge in [0.2, 0.25) is 11.5 Å². The number of hydrogen-bond donors (Lipinski definition) is 1. The van der Waals surface area contributed by atoms with Gasteiger partial charge in [0, 0.05) is 11.3 Å². The van der Waals surface area contributed by atoms with Crippen LogP contribution in [0, 0.1) is 0 Å². The molecule has 0 bridgehead atoms. The van der Waals surface area contributed by atoms with Gasteiger partial charge in [0.15, 0.2) is 0 Å². The van der Waals surface area contributed by atoms with Crippen molar-refractivity contribution in [2.75, 3.05) is 4.90 Å². The lowest BCUT2D eigenvalue weighted by molar-refractivity contribution is 0.0479. The molecule has 3 heteroatoms. The number of rotatable bonds is 1. The number of fused-ring (bicyclic) bond motifs is 1. The van der Waals surface area contributed by atoms with Crippen molar-refractivity contribution in [3.63, 3.8) is 0 Å². The van der Waals surface area contributed by atoms with E-state index in [0.29, 0.717) is 5.56 Å². The van der Waals surface area contributed by atoms with E-state index in [4.69, 9.17) is 0 Å². The van der Waals surface area contributed by atoms with Crippen LogP contribution in [0.15, 0.2) is 54.6 Å². The maximum atomic E-state index is 12.2. The van der Waals surface area contributed by atoms with Gasteiger partial charge in [0.05, 0.1) is 5.69 Å². The van der Waals surface area contributed by atoms with Crippen LogP contribution < -0.4 is 4.90 Å². The minimum atomic E-state index is -1.52. The second-order valence-corrected chi connectivity index (χ2v) is 4.54. The maximum absolute atomic E-state index is 12.2. The van der Waals surface area contributed by atoms with Gasteiger partial charge < -0.3 is 10.0 Å². The monoisotopic (exact) mass is 239 g/mol. The lowest BCUT2D eigenvalue weighted by Crippen LogP contribution is -2.44. The number of ketones is 1. The highest BCUT2D eigenvalue weighted by Crippen LogP contribution is 2.42. The second kappa shape index (κ2) is 3.68. The summed E-state index contributed by atoms with van der Waals surface area (Å²) in [5.41, 5.74) is 0.594. The Labute approximate surface area is 105 Å². The zero-order valence-electron chi connectivity index (χ0n) is 10.00. The van der Waals surface area contributed by atoms with Gasteiger partial charge in [-0.05, 0) is 31.2 Å². The molecule has 0 radical (unpaired) electrons. The van der Waals surface area contributed by atoms with Crippen LogP contribution in [0.2, 0.25) is 0 Å². The molecule has 1 heterocycles. The van der Waals surface area contributed by atoms with Crippen LogP contribution in [0.3, 0.4) is 0 Å². The average Bonchev–Trinajstić information content (AvgIpc) is 2.59. The summed E-state index contributed by atoms with van der Waals surface area (Å²) in [5, 5.41) is 10.5. The number of aliphatic hydroxyl groups is 1. The lowest BCUT2D eigenvalue weighted by atomic mass is 10.1. The summed E-state index contributed by atoms with van der Waals surface area (Å²) in [6.45, 7) is 1.53. The molecule has 0 spiro atoms. The molecule has 0 aromatic heterocycles. The first-order chi connectivity index (χ1) is 8.62. The molecule has 0 unspecified atom stereocenters. The fourth-order valence-corrected chi connectivity index (χ4v) is 2.42. The van der Waals surface area contributed by atoms with Gasteiger partial charge >= 0.3 is 0 Å². The van der Waals surface area contributed by atoms with E-state index in [9.17, 15) is 9.90 Å². The van der Waals surface area contributed by atoms with Gasteiger partial charge in [-0.15, -0.1) is 0 Å². The average molecular weight is 239 g/mol. The van der Waals surface area contributed by atoms with Crippen molar-refractivity contribution in [2.45, 2.75) is 12.6 Å². The number of carbonyl (C=O) groups excluding carboxylic acids is 1. The molecule has 1 atom stereocenters. The topological polar surface area (TPSA) is 40.5 Å². The molecular weight excluding hydrogens is 226 g/mol. The van der Waals surface area contributed by atoms with Crippen molar-refractivity contribution in [1.82, 2.24) is 0 Å². The highest BCUT2D eigenvalue weighted by molar-refractivity contribution is 6.14. The molecule has 2 aromatic carbocycles. The first-order valence-corrected chi connectivity index (χ1v) is 5.84. The molecule has 90 valence electrons. The van der Waals surface area contributed by atoms with Crippen LogP contribution in [0.25, 0.3) is 0 Å². The minimum absolute atomic E-state index is 0.262. The number of benzene rings is 2. The Balaban J connectivity index is 2.23. The van der Waals surface area contributed by atoms with Crippen LogP contribution in [0.1, 0.15) is 17.3 Å². The van der Waals surface area contributed by atoms with Crippen LogP contribution >= 0.6 is 0 Å². The van der Waals surface area contributed by atoms with Gasteiger partial charge in [-0.2, -0.15) is 0 Å². The fourth-order valence-electron chi connectivity index (χ4n) is 2.42. The molecule has 1 aliphatic rings. The standard InChI is InChI=1S/C15H13NO2/c1-15(18)14(17)12-9-5-6-10-13(12)16(15)11-7-3-2-4-8-11/h2-10,18H,1H3/t15-/m0/s1. The summed E-state index contributed by atoms with van der Waals surface area (Å²) in [6.07, 6.45) is 0. The molecule has 3 rings (SSSR count). The quantitative estimate of drug-likeness (QED) is 0.831. The fraction of sp³-hybridized carbons (Fsp3) is 0.133. The molecule has 2 aromatic rings. The number of hydrogen-bond acceptors (Lipinski definition) is 3. The van der Waals surface area contributed by atoms with Crippen molar-refractivity contribution in [2.24, 2.45) is 0 Å². The molecule has 3 nitrogen and oxygen atoms in total. The predicted octanol–water partition coefficient (Wildman–Crippen LogP) is 2.73. The van der Waals surface area contributed by atoms with E-state index in [2.05, 4.69) is 0 Å². The lowest BCUT2D eigenvalue weighted by Gasteiger charge is -2.30. The minimum Gasteiger partial charge on any atom is -0.364 e. The summed E-state index contributed by atoms with van der Waals surface area (Å²) in [4.78, 5) is 13.9. The van der Waals surface area contributed by atoms with Crippen molar-refractivity contribution < 1.29 is 9.90 Å². The summed E-state index contributed by atoms with van der Waals surface area (Å²) >= 11 is 0. The molecule has 1 N–H and O–H groups in total. The third kappa shape index (κ3) is 1.38. The molecule has 0 saturated heterocycles. The highest BCUT2D eigenvalue weighted by Gasteiger charge is 2.46. The van der Waals surface area contributed by atoms with E-state index in [1.165, 1.54) is 6.92 Å². The first kappa shape index (κ1) is 11.0. The number of anilines is 2. The number of para-hydroxylation sites is 2. The molecule has 1 aliphatic heterocycles. The van der Waals surface area contributed by atoms with Gasteiger partial charge in [-0.1, -0.05) is 30.3 Å². The van der Waals surface area contributed by atoms with Crippen LogP contribution in [-0.2, 0) is 0 Å². The van der Waals surface area contributed by atoms with E-state index in [-0.39, 0.29) is 5.78 Å². The van der Waals surface area contributed by atoms with E-state index < -0.39 is 5.72 Å². The third-order valence-corrected chi connectivity index (χ3v) is 3.27. The first-order valence-electron chi connectivity index (χ1n) is 5.84. The van der Waals surface area contributed by atoms with Gasteiger partial charge in [0.25, 0.3) is 0 Å². The second-order valence-electron chi connectivity index (χ2n) is 4.54. The van der Waals surface area contributed by atoms with Crippen LogP contribution in [0.4, 0.5) is 11.4 Å². The molecule has 18 heavy (non-hydrogen) atoms. The van der Waals surface area contributed by atoms with Gasteiger partial charge in [-0.3, -0.25) is 4.79 Å². The Hall–Kier alpha value is -2.13. The van der Waals surface area contributed by atoms with E-state index in [1.54, 1.807) is 17.0 Å². The molecular formula is C15H13NO2. The largest absolute Gasteiger partial charge is 0.364 e. The molecule has 0 aliphatic carbocycles. The number of Topliss-reactive ketones (excluding diaryl/α,β-unsaturated/α-hetero) is 1. The van der Waals surface area contributed by atoms with E-state index in [0.717, 1.165) is 11.4 Å². The van der Waals surface area contributed by atoms with Gasteiger partial charge in [0.1, 0.15) is 0 Å². The molecule has 0 fully saturated rings. The van der Waals surface area contributed by atoms with Crippen molar-refractivity contribution in [1.29, 1.82) is 0 Å². The number of nitrogens with zero attached hydrogens (tertiary/aromatic N) is 1. The van der Waals surface area contributed by atoms with Gasteiger partial charge in [-0.25, -0.2) is 0 Å². The molecule has 0 saturated carbocycles. The zero-order chi connectivity index (χ0) is 12.8. The van der Waals surface area contributed by atoms with E-state index in [1.807, 2.05) is 42.5 Å². The Kier molecular flexibility index (Phi) is 2.25.